The average molecular weight is 813 g/mol. The van der Waals surface area contributed by atoms with Crippen molar-refractivity contribution in [2.45, 2.75) is 120 Å². The molecular weight excluding hydrogens is 755 g/mol. The number of benzene rings is 2. The second-order valence-corrected chi connectivity index (χ2v) is 33.1. The molecule has 0 unspecified atom stereocenters. The first kappa shape index (κ1) is 53.8. The fourth-order valence-electron chi connectivity index (χ4n) is 4.23. The number of aryl methyl sites for hydroxylation is 6. The molecule has 0 bridgehead atoms. The minimum absolute atomic E-state index is 0. The first-order valence-electron chi connectivity index (χ1n) is 13.2. The molecule has 0 spiro atoms. The van der Waals surface area contributed by atoms with E-state index in [-0.39, 0.29) is 68.3 Å². The summed E-state index contributed by atoms with van der Waals surface area (Å²) in [7, 11) is -4.42. The first-order valence-corrected chi connectivity index (χ1v) is 27.0. The first-order chi connectivity index (χ1) is 15.8. The maximum Gasteiger partial charge on any atom is 1.00 e. The van der Waals surface area contributed by atoms with Crippen LogP contribution in [0.25, 0.3) is 9.30 Å². The van der Waals surface area contributed by atoms with Crippen LogP contribution in [0.3, 0.4) is 0 Å². The van der Waals surface area contributed by atoms with Gasteiger partial charge in [-0.15, -0.1) is 0 Å². The summed E-state index contributed by atoms with van der Waals surface area (Å²) >= 11 is 0. The van der Waals surface area contributed by atoms with Gasteiger partial charge in [0.1, 0.15) is 0 Å². The number of rotatable bonds is 4. The smallest absolute Gasteiger partial charge is 0.668 e. The van der Waals surface area contributed by atoms with E-state index < -0.39 is 32.9 Å². The molecule has 0 radical (unpaired) electrons. The molecule has 2 aromatic rings. The molecule has 0 saturated carbocycles. The van der Waals surface area contributed by atoms with Gasteiger partial charge in [-0.3, -0.25) is 0 Å². The zero-order valence-electron chi connectivity index (χ0n) is 28.4. The Morgan fingerprint density at radius 3 is 0.600 bits per heavy atom. The number of nitrogens with zero attached hydrogens (tertiary/aromatic N) is 2. The summed E-state index contributed by atoms with van der Waals surface area (Å²) < 4.78 is 9.64. The minimum atomic E-state index is -1.11. The maximum absolute atomic E-state index is 4.82. The van der Waals surface area contributed by atoms with Crippen molar-refractivity contribution in [3.8, 4) is 0 Å². The van der Waals surface area contributed by atoms with E-state index in [0.29, 0.717) is 0 Å². The second kappa shape index (κ2) is 23.7. The fourth-order valence-corrected chi connectivity index (χ4v) is 20.3. The van der Waals surface area contributed by atoms with Gasteiger partial charge in [-0.1, -0.05) is 153 Å². The third kappa shape index (κ3) is 41.4. The Balaban J connectivity index is -0.0000000932. The molecule has 2 rings (SSSR count). The van der Waals surface area contributed by atoms with Gasteiger partial charge < -0.3 is 9.30 Å². The third-order valence-corrected chi connectivity index (χ3v) is 14.6. The summed E-state index contributed by atoms with van der Waals surface area (Å²) in [5.74, 6) is 0. The molecule has 0 heterocycles. The Morgan fingerprint density at radius 2 is 0.525 bits per heavy atom. The molecule has 2 nitrogen and oxygen atoms in total. The topological polar surface area (TPSA) is 28.2 Å². The van der Waals surface area contributed by atoms with Crippen molar-refractivity contribution in [1.29, 1.82) is 0 Å². The van der Waals surface area contributed by atoms with Crippen LogP contribution < -0.4 is 0 Å². The van der Waals surface area contributed by atoms with Gasteiger partial charge in [0, 0.05) is 0 Å². The van der Waals surface area contributed by atoms with Gasteiger partial charge in [-0.2, -0.15) is 69.8 Å². The van der Waals surface area contributed by atoms with Crippen LogP contribution in [0.5, 0.6) is 0 Å². The zero-order valence-corrected chi connectivity index (χ0v) is 36.2. The predicted octanol–water partition coefficient (Wildman–Crippen LogP) is 10.9. The van der Waals surface area contributed by atoms with Crippen LogP contribution in [-0.2, 0) is 68.3 Å². The molecule has 0 fully saturated rings. The Labute approximate surface area is 297 Å². The predicted molar refractivity (Wildman–Crippen MR) is 179 cm³/mol. The van der Waals surface area contributed by atoms with E-state index in [9.17, 15) is 0 Å². The summed E-state index contributed by atoms with van der Waals surface area (Å²) in [6.07, 6.45) is 0. The summed E-state index contributed by atoms with van der Waals surface area (Å²) in [6, 6.07) is 14.9. The largest absolute Gasteiger partial charge is 1.00 e. The minimum Gasteiger partial charge on any atom is -0.668 e. The van der Waals surface area contributed by atoms with Crippen LogP contribution in [0.4, 0.5) is 0 Å². The van der Waals surface area contributed by atoms with E-state index in [0.717, 1.165) is 0 Å². The standard InChI is InChI=1S/2C9H11.2C6H18NSi2.4Cu/c2*1-7-4-8(2)6-9(3)5-7;2*1-8(2,3)7-9(4,5)6;;;;/h2*4-5H,1-3H3;2*1-6H3;;;;/q4*-1;4*+1. The molecule has 0 amide bonds. The summed E-state index contributed by atoms with van der Waals surface area (Å²) in [6.45, 7) is 40.1. The zero-order chi connectivity index (χ0) is 29.1. The molecule has 2 aromatic carbocycles. The second-order valence-electron chi connectivity index (χ2n) is 14.0. The molecule has 0 saturated heterocycles. The van der Waals surface area contributed by atoms with Crippen molar-refractivity contribution >= 4 is 32.9 Å². The molecule has 248 valence electrons. The third-order valence-electron chi connectivity index (χ3n) is 3.91. The van der Waals surface area contributed by atoms with Crippen LogP contribution in [0, 0.1) is 53.7 Å². The van der Waals surface area contributed by atoms with Crippen LogP contribution in [0.1, 0.15) is 33.4 Å². The normalized spacial score (nSPS) is 10.7. The monoisotopic (exact) mass is 810 g/mol. The quantitative estimate of drug-likeness (QED) is 0.217. The van der Waals surface area contributed by atoms with Crippen LogP contribution in [0.2, 0.25) is 78.6 Å². The van der Waals surface area contributed by atoms with Gasteiger partial charge in [0.25, 0.3) is 0 Å². The van der Waals surface area contributed by atoms with E-state index in [1.165, 1.54) is 33.4 Å². The van der Waals surface area contributed by atoms with Gasteiger partial charge in [0.15, 0.2) is 0 Å². The fraction of sp³-hybridized carbons (Fsp3) is 0.600. The van der Waals surface area contributed by atoms with Crippen molar-refractivity contribution in [1.82, 2.24) is 0 Å². The Kier molecular flexibility index (Phi) is 31.8. The SMILES string of the molecule is C[Si](C)(C)[N-][Si](C)(C)C.C[Si](C)(C)[N-][Si](C)(C)C.Cc1[c-]c(C)cc(C)c1.Cc1[c-]c(C)cc(C)c1.[Cu+].[Cu+].[Cu+].[Cu+]. The number of hydrogen-bond acceptors (Lipinski definition) is 0. The molecule has 40 heavy (non-hydrogen) atoms. The van der Waals surface area contributed by atoms with Gasteiger partial charge in [0.05, 0.1) is 0 Å². The number of hydrogen-bond donors (Lipinski definition) is 0. The molecule has 0 aromatic heterocycles. The van der Waals surface area contributed by atoms with Crippen molar-refractivity contribution in [2.75, 3.05) is 0 Å². The molecule has 0 aliphatic carbocycles. The van der Waals surface area contributed by atoms with Crippen LogP contribution >= 0.6 is 0 Å². The van der Waals surface area contributed by atoms with Crippen LogP contribution in [-0.4, -0.2) is 32.9 Å². The van der Waals surface area contributed by atoms with Gasteiger partial charge in [-0.05, 0) is 0 Å². The van der Waals surface area contributed by atoms with Gasteiger partial charge in [0.2, 0.25) is 0 Å². The summed E-state index contributed by atoms with van der Waals surface area (Å²) in [5, 5.41) is 0. The summed E-state index contributed by atoms with van der Waals surface area (Å²) in [4.78, 5) is 0. The van der Waals surface area contributed by atoms with E-state index in [2.05, 4.69) is 157 Å². The molecule has 10 heteroatoms. The maximum atomic E-state index is 4.82. The van der Waals surface area contributed by atoms with E-state index in [1.54, 1.807) is 0 Å². The molecule has 0 aliphatic rings. The van der Waals surface area contributed by atoms with E-state index >= 15 is 0 Å². The molecular formula is C30H58Cu4N2Si4. The van der Waals surface area contributed by atoms with Gasteiger partial charge in [-0.25, -0.2) is 0 Å². The Bertz CT molecular complexity index is 715. The van der Waals surface area contributed by atoms with Gasteiger partial charge >= 0.3 is 68.3 Å². The van der Waals surface area contributed by atoms with E-state index in [4.69, 9.17) is 9.30 Å². The Morgan fingerprint density at radius 1 is 0.375 bits per heavy atom. The molecule has 0 atom stereocenters. The Hall–Kier alpha value is 1.31. The van der Waals surface area contributed by atoms with E-state index in [1.807, 2.05) is 0 Å². The van der Waals surface area contributed by atoms with Crippen LogP contribution in [0.15, 0.2) is 24.3 Å². The average Bonchev–Trinajstić information content (AvgIpc) is 2.45. The van der Waals surface area contributed by atoms with Crippen molar-refractivity contribution in [3.63, 3.8) is 0 Å². The summed E-state index contributed by atoms with van der Waals surface area (Å²) in [5.41, 5.74) is 7.56. The van der Waals surface area contributed by atoms with Crippen molar-refractivity contribution in [2.24, 2.45) is 0 Å². The van der Waals surface area contributed by atoms with Crippen molar-refractivity contribution < 1.29 is 68.3 Å². The van der Waals surface area contributed by atoms with Crippen molar-refractivity contribution in [3.05, 3.63) is 79.1 Å². The molecule has 0 aliphatic heterocycles. The molecule has 0 N–H and O–H groups in total.